The third kappa shape index (κ3) is 4.20. The molecule has 1 aromatic rings. The molecule has 0 heterocycles. The normalized spacial score (nSPS) is 11.2. The van der Waals surface area contributed by atoms with Crippen molar-refractivity contribution in [3.8, 4) is 6.07 Å². The number of nitriles is 1. The monoisotopic (exact) mass is 230 g/mol. The van der Waals surface area contributed by atoms with Crippen LogP contribution in [0.1, 0.15) is 38.3 Å². The van der Waals surface area contributed by atoms with Gasteiger partial charge in [0, 0.05) is 12.0 Å². The maximum atomic E-state index is 8.52. The first-order valence-electron chi connectivity index (χ1n) is 6.27. The Bertz CT molecular complexity index is 371. The van der Waals surface area contributed by atoms with E-state index in [1.165, 1.54) is 17.5 Å². The molecule has 0 aliphatic carbocycles. The van der Waals surface area contributed by atoms with Crippen LogP contribution in [0, 0.1) is 11.3 Å². The van der Waals surface area contributed by atoms with Crippen LogP contribution in [0.5, 0.6) is 0 Å². The number of rotatable bonds is 6. The predicted molar refractivity (Wildman–Crippen MR) is 71.9 cm³/mol. The number of hydrogen-bond donors (Lipinski definition) is 1. The topological polar surface area (TPSA) is 35.8 Å². The Hall–Kier alpha value is -1.33. The summed E-state index contributed by atoms with van der Waals surface area (Å²) in [6, 6.07) is 10.9. The first-order chi connectivity index (χ1) is 8.10. The number of benzene rings is 1. The van der Waals surface area contributed by atoms with Crippen molar-refractivity contribution in [1.82, 2.24) is 5.32 Å². The molecule has 17 heavy (non-hydrogen) atoms. The zero-order chi connectivity index (χ0) is 12.7. The second-order valence-corrected chi connectivity index (χ2v) is 5.09. The van der Waals surface area contributed by atoms with Gasteiger partial charge in [-0.15, -0.1) is 0 Å². The van der Waals surface area contributed by atoms with E-state index >= 15 is 0 Å². The number of nitrogens with zero attached hydrogens (tertiary/aromatic N) is 1. The van der Waals surface area contributed by atoms with Gasteiger partial charge >= 0.3 is 0 Å². The van der Waals surface area contributed by atoms with Crippen LogP contribution in [0.25, 0.3) is 0 Å². The molecule has 0 radical (unpaired) electrons. The Morgan fingerprint density at radius 2 is 1.88 bits per heavy atom. The minimum absolute atomic E-state index is 0.0710. The Morgan fingerprint density at radius 1 is 1.24 bits per heavy atom. The molecule has 1 rings (SSSR count). The zero-order valence-corrected chi connectivity index (χ0v) is 11.1. The highest BCUT2D eigenvalue weighted by Crippen LogP contribution is 2.22. The molecule has 0 amide bonds. The lowest BCUT2D eigenvalue weighted by Gasteiger charge is -2.25. The summed E-state index contributed by atoms with van der Waals surface area (Å²) in [5.41, 5.74) is 2.79. The van der Waals surface area contributed by atoms with Gasteiger partial charge in [0.05, 0.1) is 12.6 Å². The highest BCUT2D eigenvalue weighted by Gasteiger charge is 2.19. The molecule has 0 aliphatic heterocycles. The fourth-order valence-corrected chi connectivity index (χ4v) is 1.94. The Balaban J connectivity index is 2.67. The van der Waals surface area contributed by atoms with E-state index in [9.17, 15) is 0 Å². The quantitative estimate of drug-likeness (QED) is 0.602. The van der Waals surface area contributed by atoms with Crippen molar-refractivity contribution in [3.63, 3.8) is 0 Å². The summed E-state index contributed by atoms with van der Waals surface area (Å²) in [6.07, 6.45) is 2.33. The maximum Gasteiger partial charge on any atom is 0.0841 e. The first-order valence-corrected chi connectivity index (χ1v) is 6.27. The summed E-state index contributed by atoms with van der Waals surface area (Å²) in [6.45, 7) is 7.84. The van der Waals surface area contributed by atoms with Crippen LogP contribution in [0.4, 0.5) is 0 Å². The molecule has 2 heteroatoms. The van der Waals surface area contributed by atoms with Crippen molar-refractivity contribution in [1.29, 1.82) is 5.26 Å². The van der Waals surface area contributed by atoms with E-state index in [1.54, 1.807) is 0 Å². The fourth-order valence-electron chi connectivity index (χ4n) is 1.94. The van der Waals surface area contributed by atoms with Crippen molar-refractivity contribution in [2.24, 2.45) is 0 Å². The largest absolute Gasteiger partial charge is 0.304 e. The van der Waals surface area contributed by atoms with E-state index in [0.29, 0.717) is 6.54 Å². The summed E-state index contributed by atoms with van der Waals surface area (Å²) in [7, 11) is 0. The lowest BCUT2D eigenvalue weighted by atomic mass is 9.84. The van der Waals surface area contributed by atoms with Crippen molar-refractivity contribution < 1.29 is 0 Å². The number of aryl methyl sites for hydroxylation is 1. The summed E-state index contributed by atoms with van der Waals surface area (Å²) in [5, 5.41) is 11.7. The van der Waals surface area contributed by atoms with Crippen molar-refractivity contribution in [3.05, 3.63) is 35.4 Å². The molecule has 1 N–H and O–H groups in total. The Kier molecular flexibility index (Phi) is 5.18. The Morgan fingerprint density at radius 3 is 2.41 bits per heavy atom. The molecule has 92 valence electrons. The molecule has 0 aliphatic rings. The van der Waals surface area contributed by atoms with Crippen LogP contribution >= 0.6 is 0 Å². The van der Waals surface area contributed by atoms with E-state index in [4.69, 9.17) is 5.26 Å². The minimum Gasteiger partial charge on any atom is -0.304 e. The smallest absolute Gasteiger partial charge is 0.0841 e. The third-order valence-electron chi connectivity index (χ3n) is 3.05. The lowest BCUT2D eigenvalue weighted by Crippen LogP contribution is -2.33. The van der Waals surface area contributed by atoms with Crippen LogP contribution in [-0.4, -0.2) is 13.1 Å². The van der Waals surface area contributed by atoms with E-state index in [0.717, 1.165) is 13.0 Å². The van der Waals surface area contributed by atoms with Gasteiger partial charge in [-0.3, -0.25) is 0 Å². The molecule has 0 saturated carbocycles. The van der Waals surface area contributed by atoms with E-state index in [-0.39, 0.29) is 5.41 Å². The van der Waals surface area contributed by atoms with Gasteiger partial charge in [0.1, 0.15) is 0 Å². The molecule has 0 unspecified atom stereocenters. The lowest BCUT2D eigenvalue weighted by molar-refractivity contribution is 0.484. The Labute approximate surface area is 105 Å². The summed E-state index contributed by atoms with van der Waals surface area (Å²) >= 11 is 0. The molecule has 0 saturated heterocycles. The van der Waals surface area contributed by atoms with Crippen LogP contribution in [0.3, 0.4) is 0 Å². The van der Waals surface area contributed by atoms with Crippen molar-refractivity contribution in [2.75, 3.05) is 13.1 Å². The molecular weight excluding hydrogens is 208 g/mol. The predicted octanol–water partition coefficient (Wildman–Crippen LogP) is 3.03. The van der Waals surface area contributed by atoms with E-state index in [1.807, 2.05) is 0 Å². The molecule has 0 bridgehead atoms. The van der Waals surface area contributed by atoms with Crippen LogP contribution < -0.4 is 5.32 Å². The average Bonchev–Trinajstić information content (AvgIpc) is 2.30. The van der Waals surface area contributed by atoms with Crippen LogP contribution in [0.2, 0.25) is 0 Å². The first kappa shape index (κ1) is 13.7. The average molecular weight is 230 g/mol. The summed E-state index contributed by atoms with van der Waals surface area (Å²) in [4.78, 5) is 0. The van der Waals surface area contributed by atoms with Gasteiger partial charge in [-0.1, -0.05) is 51.5 Å². The van der Waals surface area contributed by atoms with Crippen LogP contribution in [-0.2, 0) is 11.8 Å². The second-order valence-electron chi connectivity index (χ2n) is 5.09. The molecule has 0 atom stereocenters. The summed E-state index contributed by atoms with van der Waals surface area (Å²) in [5.74, 6) is 0. The number of nitrogens with one attached hydrogen (secondary N) is 1. The highest BCUT2D eigenvalue weighted by atomic mass is 14.9. The molecule has 2 nitrogen and oxygen atoms in total. The standard InChI is InChI=1S/C15H22N2/c1-4-5-13-6-8-14(9-7-13)15(2,3)12-17-11-10-16/h6-9,17H,4-5,11-12H2,1-3H3. The van der Waals surface area contributed by atoms with Gasteiger partial charge in [-0.25, -0.2) is 0 Å². The van der Waals surface area contributed by atoms with Gasteiger partial charge in [-0.05, 0) is 17.5 Å². The third-order valence-corrected chi connectivity index (χ3v) is 3.05. The van der Waals surface area contributed by atoms with Gasteiger partial charge in [0.25, 0.3) is 0 Å². The fraction of sp³-hybridized carbons (Fsp3) is 0.533. The van der Waals surface area contributed by atoms with E-state index < -0.39 is 0 Å². The van der Waals surface area contributed by atoms with Crippen LogP contribution in [0.15, 0.2) is 24.3 Å². The highest BCUT2D eigenvalue weighted by molar-refractivity contribution is 5.28. The molecule has 0 spiro atoms. The zero-order valence-electron chi connectivity index (χ0n) is 11.1. The van der Waals surface area contributed by atoms with Gasteiger partial charge in [0.2, 0.25) is 0 Å². The summed E-state index contributed by atoms with van der Waals surface area (Å²) < 4.78 is 0. The maximum absolute atomic E-state index is 8.52. The van der Waals surface area contributed by atoms with Gasteiger partial charge in [-0.2, -0.15) is 5.26 Å². The van der Waals surface area contributed by atoms with Crippen molar-refractivity contribution in [2.45, 2.75) is 39.0 Å². The molecule has 1 aromatic carbocycles. The van der Waals surface area contributed by atoms with Gasteiger partial charge in [0.15, 0.2) is 0 Å². The minimum atomic E-state index is 0.0710. The molecular formula is C15H22N2. The molecule has 0 fully saturated rings. The number of hydrogen-bond acceptors (Lipinski definition) is 2. The van der Waals surface area contributed by atoms with Gasteiger partial charge < -0.3 is 5.32 Å². The molecule has 0 aromatic heterocycles. The SMILES string of the molecule is CCCc1ccc(C(C)(C)CNCC#N)cc1. The second kappa shape index (κ2) is 6.42. The van der Waals surface area contributed by atoms with Crippen molar-refractivity contribution >= 4 is 0 Å². The van der Waals surface area contributed by atoms with E-state index in [2.05, 4.69) is 56.4 Å².